The van der Waals surface area contributed by atoms with Crippen molar-refractivity contribution < 1.29 is 9.53 Å². The number of ether oxygens (including phenoxy) is 1. The molecule has 1 aromatic heterocycles. The SMILES string of the molecule is COC1CCCC1NC(=O)c1cn2c(n1)NCCC2. The number of fused-ring (bicyclic) bond motifs is 1. The summed E-state index contributed by atoms with van der Waals surface area (Å²) in [4.78, 5) is 16.6. The molecule has 0 radical (unpaired) electrons. The molecule has 1 aliphatic carbocycles. The number of nitrogens with zero attached hydrogens (tertiary/aromatic N) is 2. The van der Waals surface area contributed by atoms with E-state index in [1.54, 1.807) is 7.11 Å². The summed E-state index contributed by atoms with van der Waals surface area (Å²) in [6.45, 7) is 1.85. The highest BCUT2D eigenvalue weighted by Gasteiger charge is 2.29. The molecule has 1 aliphatic heterocycles. The Kier molecular flexibility index (Phi) is 3.42. The van der Waals surface area contributed by atoms with Crippen molar-refractivity contribution in [2.75, 3.05) is 19.0 Å². The lowest BCUT2D eigenvalue weighted by atomic mass is 10.2. The van der Waals surface area contributed by atoms with Gasteiger partial charge in [-0.25, -0.2) is 4.98 Å². The van der Waals surface area contributed by atoms with Gasteiger partial charge in [0.2, 0.25) is 5.95 Å². The lowest BCUT2D eigenvalue weighted by Crippen LogP contribution is -2.40. The first kappa shape index (κ1) is 12.5. The van der Waals surface area contributed by atoms with E-state index in [1.807, 2.05) is 10.8 Å². The molecule has 2 unspecified atom stereocenters. The van der Waals surface area contributed by atoms with Crippen LogP contribution in [0.15, 0.2) is 6.20 Å². The van der Waals surface area contributed by atoms with Gasteiger partial charge in [0.25, 0.3) is 5.91 Å². The van der Waals surface area contributed by atoms with Crippen LogP contribution in [0.3, 0.4) is 0 Å². The third-order valence-corrected chi connectivity index (χ3v) is 3.94. The minimum atomic E-state index is -0.0994. The van der Waals surface area contributed by atoms with Crippen LogP contribution in [0.2, 0.25) is 0 Å². The average Bonchev–Trinajstić information content (AvgIpc) is 3.03. The van der Waals surface area contributed by atoms with Gasteiger partial charge in [-0.1, -0.05) is 0 Å². The van der Waals surface area contributed by atoms with Gasteiger partial charge in [0.05, 0.1) is 12.1 Å². The highest BCUT2D eigenvalue weighted by atomic mass is 16.5. The molecular formula is C13H20N4O2. The van der Waals surface area contributed by atoms with Crippen LogP contribution in [0, 0.1) is 0 Å². The first-order valence-corrected chi connectivity index (χ1v) is 6.92. The maximum Gasteiger partial charge on any atom is 0.271 e. The number of hydrogen-bond donors (Lipinski definition) is 2. The zero-order chi connectivity index (χ0) is 13.2. The molecule has 1 fully saturated rings. The summed E-state index contributed by atoms with van der Waals surface area (Å²) in [7, 11) is 1.70. The summed E-state index contributed by atoms with van der Waals surface area (Å²) >= 11 is 0. The second-order valence-electron chi connectivity index (χ2n) is 5.21. The van der Waals surface area contributed by atoms with E-state index in [0.29, 0.717) is 5.69 Å². The number of aromatic nitrogens is 2. The molecule has 6 nitrogen and oxygen atoms in total. The molecule has 1 aromatic rings. The number of imidazole rings is 1. The molecule has 0 bridgehead atoms. The molecule has 2 N–H and O–H groups in total. The molecule has 2 aliphatic rings. The van der Waals surface area contributed by atoms with E-state index in [9.17, 15) is 4.79 Å². The summed E-state index contributed by atoms with van der Waals surface area (Å²) < 4.78 is 7.39. The molecule has 0 spiro atoms. The smallest absolute Gasteiger partial charge is 0.271 e. The number of rotatable bonds is 3. The number of hydrogen-bond acceptors (Lipinski definition) is 4. The molecule has 19 heavy (non-hydrogen) atoms. The molecule has 1 amide bonds. The lowest BCUT2D eigenvalue weighted by Gasteiger charge is -2.18. The second-order valence-corrected chi connectivity index (χ2v) is 5.21. The van der Waals surface area contributed by atoms with Crippen LogP contribution in [-0.2, 0) is 11.3 Å². The number of carbonyl (C=O) groups is 1. The van der Waals surface area contributed by atoms with Crippen molar-refractivity contribution in [3.05, 3.63) is 11.9 Å². The second kappa shape index (κ2) is 5.21. The van der Waals surface area contributed by atoms with Crippen molar-refractivity contribution in [2.24, 2.45) is 0 Å². The Labute approximate surface area is 112 Å². The third-order valence-electron chi connectivity index (χ3n) is 3.94. The number of aryl methyl sites for hydroxylation is 1. The molecule has 3 rings (SSSR count). The predicted molar refractivity (Wildman–Crippen MR) is 71.2 cm³/mol. The maximum atomic E-state index is 12.2. The van der Waals surface area contributed by atoms with Crippen molar-refractivity contribution in [3.8, 4) is 0 Å². The van der Waals surface area contributed by atoms with Crippen molar-refractivity contribution in [2.45, 2.75) is 44.4 Å². The average molecular weight is 264 g/mol. The lowest BCUT2D eigenvalue weighted by molar-refractivity contribution is 0.0719. The minimum absolute atomic E-state index is 0.0994. The zero-order valence-corrected chi connectivity index (χ0v) is 11.2. The van der Waals surface area contributed by atoms with Crippen molar-refractivity contribution in [3.63, 3.8) is 0 Å². The van der Waals surface area contributed by atoms with Crippen LogP contribution in [0.4, 0.5) is 5.95 Å². The molecule has 0 saturated heterocycles. The topological polar surface area (TPSA) is 68.2 Å². The fraction of sp³-hybridized carbons (Fsp3) is 0.692. The quantitative estimate of drug-likeness (QED) is 0.854. The zero-order valence-electron chi connectivity index (χ0n) is 11.2. The van der Waals surface area contributed by atoms with E-state index in [1.165, 1.54) is 0 Å². The first-order chi connectivity index (χ1) is 9.28. The molecule has 0 aromatic carbocycles. The third kappa shape index (κ3) is 2.45. The Bertz CT molecular complexity index is 448. The monoisotopic (exact) mass is 264 g/mol. The van der Waals surface area contributed by atoms with Crippen LogP contribution < -0.4 is 10.6 Å². The van der Waals surface area contributed by atoms with Gasteiger partial charge >= 0.3 is 0 Å². The standard InChI is InChI=1S/C13H20N4O2/c1-19-11-5-2-4-9(11)15-12(18)10-8-17-7-3-6-14-13(17)16-10/h8-9,11H,2-7H2,1H3,(H,14,16)(H,15,18). The molecule has 104 valence electrons. The summed E-state index contributed by atoms with van der Waals surface area (Å²) in [5.74, 6) is 0.698. The summed E-state index contributed by atoms with van der Waals surface area (Å²) in [6, 6.07) is 0.115. The fourth-order valence-corrected chi connectivity index (χ4v) is 2.90. The van der Waals surface area contributed by atoms with Crippen LogP contribution in [0.25, 0.3) is 0 Å². The van der Waals surface area contributed by atoms with Crippen LogP contribution in [-0.4, -0.2) is 41.3 Å². The van der Waals surface area contributed by atoms with Gasteiger partial charge in [0, 0.05) is 26.4 Å². The van der Waals surface area contributed by atoms with E-state index in [2.05, 4.69) is 15.6 Å². The van der Waals surface area contributed by atoms with Crippen LogP contribution in [0.5, 0.6) is 0 Å². The van der Waals surface area contributed by atoms with E-state index in [0.717, 1.165) is 44.7 Å². The fourth-order valence-electron chi connectivity index (χ4n) is 2.90. The number of methoxy groups -OCH3 is 1. The van der Waals surface area contributed by atoms with E-state index in [-0.39, 0.29) is 18.1 Å². The van der Waals surface area contributed by atoms with E-state index >= 15 is 0 Å². The van der Waals surface area contributed by atoms with Crippen molar-refractivity contribution in [1.82, 2.24) is 14.9 Å². The first-order valence-electron chi connectivity index (χ1n) is 6.92. The van der Waals surface area contributed by atoms with E-state index < -0.39 is 0 Å². The van der Waals surface area contributed by atoms with Crippen LogP contribution in [0.1, 0.15) is 36.2 Å². The highest BCUT2D eigenvalue weighted by molar-refractivity contribution is 5.92. The Morgan fingerprint density at radius 3 is 3.21 bits per heavy atom. The Morgan fingerprint density at radius 1 is 1.53 bits per heavy atom. The summed E-state index contributed by atoms with van der Waals surface area (Å²) in [5, 5.41) is 6.24. The van der Waals surface area contributed by atoms with Gasteiger partial charge in [0.15, 0.2) is 0 Å². The molecule has 2 heterocycles. The summed E-state index contributed by atoms with van der Waals surface area (Å²) in [6.07, 6.45) is 6.13. The molecule has 2 atom stereocenters. The Hall–Kier alpha value is -1.56. The maximum absolute atomic E-state index is 12.2. The van der Waals surface area contributed by atoms with Gasteiger partial charge < -0.3 is 19.9 Å². The number of nitrogens with one attached hydrogen (secondary N) is 2. The number of carbonyl (C=O) groups excluding carboxylic acids is 1. The molecular weight excluding hydrogens is 244 g/mol. The molecule has 6 heteroatoms. The number of anilines is 1. The van der Waals surface area contributed by atoms with Gasteiger partial charge in [-0.2, -0.15) is 0 Å². The van der Waals surface area contributed by atoms with Gasteiger partial charge in [-0.05, 0) is 25.7 Å². The molecule has 1 saturated carbocycles. The number of amides is 1. The van der Waals surface area contributed by atoms with Crippen molar-refractivity contribution >= 4 is 11.9 Å². The summed E-state index contributed by atoms with van der Waals surface area (Å²) in [5.41, 5.74) is 0.492. The Balaban J connectivity index is 1.68. The van der Waals surface area contributed by atoms with Gasteiger partial charge in [-0.3, -0.25) is 4.79 Å². The minimum Gasteiger partial charge on any atom is -0.379 e. The Morgan fingerprint density at radius 2 is 2.42 bits per heavy atom. The van der Waals surface area contributed by atoms with Gasteiger partial charge in [0.1, 0.15) is 5.69 Å². The van der Waals surface area contributed by atoms with E-state index in [4.69, 9.17) is 4.74 Å². The predicted octanol–water partition coefficient (Wildman–Crippen LogP) is 0.996. The van der Waals surface area contributed by atoms with Crippen molar-refractivity contribution in [1.29, 1.82) is 0 Å². The van der Waals surface area contributed by atoms with Gasteiger partial charge in [-0.15, -0.1) is 0 Å². The normalized spacial score (nSPS) is 25.7. The van der Waals surface area contributed by atoms with Crippen LogP contribution >= 0.6 is 0 Å². The highest BCUT2D eigenvalue weighted by Crippen LogP contribution is 2.22. The largest absolute Gasteiger partial charge is 0.379 e.